The molecule has 2 aromatic rings. The maximum absolute atomic E-state index is 10.9. The van der Waals surface area contributed by atoms with E-state index in [0.29, 0.717) is 11.3 Å². The first-order valence-electron chi connectivity index (χ1n) is 4.63. The zero-order valence-electron chi connectivity index (χ0n) is 8.22. The number of carboxylic acid groups (broad SMARTS) is 1. The Morgan fingerprint density at radius 2 is 2.00 bits per heavy atom. The highest BCUT2D eigenvalue weighted by molar-refractivity contribution is 6.36. The van der Waals surface area contributed by atoms with Gasteiger partial charge >= 0.3 is 5.97 Å². The Balaban J connectivity index is 2.59. The second-order valence-corrected chi connectivity index (χ2v) is 3.57. The molecule has 80 valence electrons. The molecule has 0 radical (unpaired) electrons. The van der Waals surface area contributed by atoms with Crippen molar-refractivity contribution in [1.29, 1.82) is 0 Å². The van der Waals surface area contributed by atoms with E-state index in [1.165, 1.54) is 6.07 Å². The predicted octanol–water partition coefficient (Wildman–Crippen LogP) is 3.10. The van der Waals surface area contributed by atoms with Crippen LogP contribution in [0.2, 0.25) is 5.02 Å². The van der Waals surface area contributed by atoms with Crippen molar-refractivity contribution in [2.75, 3.05) is 0 Å². The van der Waals surface area contributed by atoms with Gasteiger partial charge in [-0.15, -0.1) is 0 Å². The third kappa shape index (κ3) is 1.90. The molecule has 0 fully saturated rings. The number of rotatable bonds is 2. The highest BCUT2D eigenvalue weighted by Gasteiger charge is 2.13. The Labute approximate surface area is 97.3 Å². The van der Waals surface area contributed by atoms with E-state index in [0.717, 1.165) is 0 Å². The Kier molecular flexibility index (Phi) is 2.88. The van der Waals surface area contributed by atoms with E-state index in [-0.39, 0.29) is 10.6 Å². The minimum atomic E-state index is -1.04. The van der Waals surface area contributed by atoms with Crippen LogP contribution in [-0.2, 0) is 0 Å². The Morgan fingerprint density at radius 1 is 1.19 bits per heavy atom. The Bertz CT molecular complexity index is 526. The summed E-state index contributed by atoms with van der Waals surface area (Å²) in [5.74, 6) is -1.04. The van der Waals surface area contributed by atoms with Crippen LogP contribution in [-0.4, -0.2) is 16.1 Å². The van der Waals surface area contributed by atoms with Gasteiger partial charge in [-0.3, -0.25) is 4.98 Å². The molecular weight excluding hydrogens is 226 g/mol. The van der Waals surface area contributed by atoms with Crippen LogP contribution in [0, 0.1) is 0 Å². The Morgan fingerprint density at radius 3 is 2.62 bits per heavy atom. The third-order valence-corrected chi connectivity index (χ3v) is 2.58. The predicted molar refractivity (Wildman–Crippen MR) is 61.6 cm³/mol. The average Bonchev–Trinajstić information content (AvgIpc) is 2.30. The van der Waals surface area contributed by atoms with Crippen LogP contribution in [0.5, 0.6) is 0 Å². The third-order valence-electron chi connectivity index (χ3n) is 2.17. The van der Waals surface area contributed by atoms with Crippen LogP contribution in [0.4, 0.5) is 0 Å². The largest absolute Gasteiger partial charge is 0.478 e. The van der Waals surface area contributed by atoms with Gasteiger partial charge in [-0.25, -0.2) is 4.79 Å². The molecule has 0 amide bonds. The summed E-state index contributed by atoms with van der Waals surface area (Å²) in [4.78, 5) is 15.0. The van der Waals surface area contributed by atoms with Crippen molar-refractivity contribution in [1.82, 2.24) is 4.98 Å². The minimum Gasteiger partial charge on any atom is -0.478 e. The van der Waals surface area contributed by atoms with Gasteiger partial charge in [0.25, 0.3) is 0 Å². The normalized spacial score (nSPS) is 10.1. The molecule has 1 N–H and O–H groups in total. The van der Waals surface area contributed by atoms with Gasteiger partial charge in [0.05, 0.1) is 16.3 Å². The van der Waals surface area contributed by atoms with Crippen LogP contribution >= 0.6 is 11.6 Å². The number of carboxylic acids is 1. The van der Waals surface area contributed by atoms with Crippen LogP contribution in [0.25, 0.3) is 11.3 Å². The lowest BCUT2D eigenvalue weighted by Gasteiger charge is -2.05. The molecule has 0 bridgehead atoms. The number of pyridine rings is 1. The lowest BCUT2D eigenvalue weighted by molar-refractivity contribution is 0.0697. The fourth-order valence-electron chi connectivity index (χ4n) is 1.42. The van der Waals surface area contributed by atoms with E-state index in [4.69, 9.17) is 16.7 Å². The number of hydrogen-bond donors (Lipinski definition) is 1. The van der Waals surface area contributed by atoms with Gasteiger partial charge in [0.2, 0.25) is 0 Å². The number of aromatic nitrogens is 1. The van der Waals surface area contributed by atoms with E-state index < -0.39 is 5.97 Å². The second kappa shape index (κ2) is 4.33. The molecule has 4 heteroatoms. The monoisotopic (exact) mass is 233 g/mol. The Hall–Kier alpha value is -1.87. The van der Waals surface area contributed by atoms with Gasteiger partial charge in [-0.1, -0.05) is 29.8 Å². The molecule has 0 aliphatic rings. The number of nitrogens with zero attached hydrogens (tertiary/aromatic N) is 1. The maximum Gasteiger partial charge on any atom is 0.337 e. The summed E-state index contributed by atoms with van der Waals surface area (Å²) < 4.78 is 0. The average molecular weight is 234 g/mol. The van der Waals surface area contributed by atoms with E-state index >= 15 is 0 Å². The molecular formula is C12H8ClNO2. The molecule has 16 heavy (non-hydrogen) atoms. The van der Waals surface area contributed by atoms with E-state index in [9.17, 15) is 4.79 Å². The van der Waals surface area contributed by atoms with Crippen molar-refractivity contribution in [2.24, 2.45) is 0 Å². The summed E-state index contributed by atoms with van der Waals surface area (Å²) in [7, 11) is 0. The van der Waals surface area contributed by atoms with Crippen molar-refractivity contribution < 1.29 is 9.90 Å². The van der Waals surface area contributed by atoms with Crippen LogP contribution in [0.3, 0.4) is 0 Å². The second-order valence-electron chi connectivity index (χ2n) is 3.19. The summed E-state index contributed by atoms with van der Waals surface area (Å²) >= 11 is 6.02. The van der Waals surface area contributed by atoms with Crippen LogP contribution < -0.4 is 0 Å². The molecule has 0 unspecified atom stereocenters. The van der Waals surface area contributed by atoms with Crippen molar-refractivity contribution in [2.45, 2.75) is 0 Å². The molecule has 1 heterocycles. The molecule has 1 aromatic carbocycles. The highest BCUT2D eigenvalue weighted by atomic mass is 35.5. The molecule has 0 spiro atoms. The van der Waals surface area contributed by atoms with E-state index in [1.807, 2.05) is 6.07 Å². The van der Waals surface area contributed by atoms with Gasteiger partial charge in [-0.2, -0.15) is 0 Å². The molecule has 0 aliphatic heterocycles. The highest BCUT2D eigenvalue weighted by Crippen LogP contribution is 2.29. The molecule has 0 aliphatic carbocycles. The first-order chi connectivity index (χ1) is 7.70. The smallest absolute Gasteiger partial charge is 0.337 e. The number of carbonyl (C=O) groups is 1. The number of halogens is 1. The van der Waals surface area contributed by atoms with Gasteiger partial charge in [0, 0.05) is 11.8 Å². The first kappa shape index (κ1) is 10.6. The van der Waals surface area contributed by atoms with Gasteiger partial charge in [0.15, 0.2) is 0 Å². The summed E-state index contributed by atoms with van der Waals surface area (Å²) in [5.41, 5.74) is 1.38. The fraction of sp³-hybridized carbons (Fsp3) is 0. The van der Waals surface area contributed by atoms with Gasteiger partial charge < -0.3 is 5.11 Å². The van der Waals surface area contributed by atoms with E-state index in [2.05, 4.69) is 4.98 Å². The quantitative estimate of drug-likeness (QED) is 0.867. The SMILES string of the molecule is O=C(O)c1cccc(-c2ccccn2)c1Cl. The standard InChI is InChI=1S/C12H8ClNO2/c13-11-8(10-6-1-2-7-14-10)4-3-5-9(11)12(15)16/h1-7H,(H,15,16). The molecule has 3 nitrogen and oxygen atoms in total. The minimum absolute atomic E-state index is 0.0878. The van der Waals surface area contributed by atoms with Crippen LogP contribution in [0.15, 0.2) is 42.6 Å². The molecule has 2 rings (SSSR count). The lowest BCUT2D eigenvalue weighted by atomic mass is 10.1. The number of benzene rings is 1. The van der Waals surface area contributed by atoms with Crippen molar-refractivity contribution in [3.8, 4) is 11.3 Å². The summed E-state index contributed by atoms with van der Waals surface area (Å²) in [6, 6.07) is 10.3. The maximum atomic E-state index is 10.9. The zero-order valence-corrected chi connectivity index (χ0v) is 8.98. The molecule has 0 atom stereocenters. The topological polar surface area (TPSA) is 50.2 Å². The summed E-state index contributed by atoms with van der Waals surface area (Å²) in [6.45, 7) is 0. The zero-order chi connectivity index (χ0) is 11.5. The number of aromatic carboxylic acids is 1. The molecule has 0 saturated heterocycles. The first-order valence-corrected chi connectivity index (χ1v) is 5.01. The fourth-order valence-corrected chi connectivity index (χ4v) is 1.72. The van der Waals surface area contributed by atoms with Crippen molar-refractivity contribution >= 4 is 17.6 Å². The van der Waals surface area contributed by atoms with Crippen molar-refractivity contribution in [3.63, 3.8) is 0 Å². The van der Waals surface area contributed by atoms with Gasteiger partial charge in [0.1, 0.15) is 0 Å². The summed E-state index contributed by atoms with van der Waals surface area (Å²) in [5, 5.41) is 9.15. The molecule has 1 aromatic heterocycles. The van der Waals surface area contributed by atoms with E-state index in [1.54, 1.807) is 30.5 Å². The van der Waals surface area contributed by atoms with Crippen LogP contribution in [0.1, 0.15) is 10.4 Å². The number of hydrogen-bond acceptors (Lipinski definition) is 2. The van der Waals surface area contributed by atoms with Crippen molar-refractivity contribution in [3.05, 3.63) is 53.2 Å². The van der Waals surface area contributed by atoms with Gasteiger partial charge in [-0.05, 0) is 18.2 Å². The molecule has 0 saturated carbocycles. The summed E-state index contributed by atoms with van der Waals surface area (Å²) in [6.07, 6.45) is 1.64. The lowest BCUT2D eigenvalue weighted by Crippen LogP contribution is -1.98.